The van der Waals surface area contributed by atoms with Gasteiger partial charge in [-0.05, 0) is 88.6 Å². The maximum Gasteiger partial charge on any atom is 0.433 e. The second-order valence-corrected chi connectivity index (χ2v) is 9.29. The number of nitrogens with zero attached hydrogens (tertiary/aromatic N) is 3. The van der Waals surface area contributed by atoms with Gasteiger partial charge in [-0.3, -0.25) is 9.78 Å². The van der Waals surface area contributed by atoms with Crippen LogP contribution in [-0.4, -0.2) is 66.0 Å². The van der Waals surface area contributed by atoms with E-state index in [0.717, 1.165) is 38.2 Å². The van der Waals surface area contributed by atoms with E-state index < -0.39 is 11.9 Å². The van der Waals surface area contributed by atoms with Crippen molar-refractivity contribution in [2.45, 2.75) is 50.7 Å². The highest BCUT2D eigenvalue weighted by molar-refractivity contribution is 5.94. The van der Waals surface area contributed by atoms with Gasteiger partial charge in [0, 0.05) is 29.9 Å². The highest BCUT2D eigenvalue weighted by Gasteiger charge is 2.32. The van der Waals surface area contributed by atoms with Crippen LogP contribution in [0.1, 0.15) is 54.6 Å². The Labute approximate surface area is 199 Å². The van der Waals surface area contributed by atoms with E-state index in [2.05, 4.69) is 20.1 Å². The minimum absolute atomic E-state index is 0.138. The molecule has 2 fully saturated rings. The van der Waals surface area contributed by atoms with Crippen LogP contribution in [-0.2, 0) is 6.18 Å². The lowest BCUT2D eigenvalue weighted by Gasteiger charge is -2.40. The molecule has 34 heavy (non-hydrogen) atoms. The molecule has 5 nitrogen and oxygen atoms in total. The Morgan fingerprint density at radius 2 is 1.62 bits per heavy atom. The number of pyridine rings is 1. The predicted molar refractivity (Wildman–Crippen MR) is 127 cm³/mol. The number of likely N-dealkylation sites (tertiary alicyclic amines) is 2. The number of halogens is 3. The van der Waals surface area contributed by atoms with Crippen LogP contribution in [0.2, 0.25) is 0 Å². The molecule has 4 rings (SSSR count). The second-order valence-electron chi connectivity index (χ2n) is 9.29. The van der Waals surface area contributed by atoms with Gasteiger partial charge in [0.2, 0.25) is 0 Å². The monoisotopic (exact) mass is 474 g/mol. The SMILES string of the molecule is O=C(NCCCN1CCC(N2CCCCC2)CC1)c1ccc(-c2ccc(C(F)(F)F)nc2)cc1. The Morgan fingerprint density at radius 3 is 2.24 bits per heavy atom. The highest BCUT2D eigenvalue weighted by Crippen LogP contribution is 2.29. The number of rotatable bonds is 7. The van der Waals surface area contributed by atoms with Gasteiger partial charge >= 0.3 is 6.18 Å². The number of carbonyl (C=O) groups is 1. The third-order valence-electron chi connectivity index (χ3n) is 6.94. The van der Waals surface area contributed by atoms with Gasteiger partial charge in [-0.2, -0.15) is 13.2 Å². The summed E-state index contributed by atoms with van der Waals surface area (Å²) in [5.74, 6) is -0.138. The van der Waals surface area contributed by atoms with Crippen molar-refractivity contribution in [3.05, 3.63) is 53.9 Å². The molecule has 3 heterocycles. The molecular weight excluding hydrogens is 441 g/mol. The molecule has 2 aromatic rings. The maximum absolute atomic E-state index is 12.7. The molecule has 0 unspecified atom stereocenters. The van der Waals surface area contributed by atoms with Crippen LogP contribution in [0.4, 0.5) is 13.2 Å². The minimum atomic E-state index is -4.45. The van der Waals surface area contributed by atoms with Crippen LogP contribution < -0.4 is 5.32 Å². The summed E-state index contributed by atoms with van der Waals surface area (Å²) in [6.07, 6.45) is 4.21. The molecule has 2 saturated heterocycles. The first-order chi connectivity index (χ1) is 16.4. The molecule has 184 valence electrons. The summed E-state index contributed by atoms with van der Waals surface area (Å²) >= 11 is 0. The first-order valence-corrected chi connectivity index (χ1v) is 12.3. The first kappa shape index (κ1) is 24.7. The molecule has 0 radical (unpaired) electrons. The van der Waals surface area contributed by atoms with E-state index in [4.69, 9.17) is 0 Å². The van der Waals surface area contributed by atoms with Crippen LogP contribution in [0.5, 0.6) is 0 Å². The number of hydrogen-bond acceptors (Lipinski definition) is 4. The van der Waals surface area contributed by atoms with Crippen molar-refractivity contribution in [1.29, 1.82) is 0 Å². The molecule has 1 aromatic heterocycles. The predicted octanol–water partition coefficient (Wildman–Crippen LogP) is 4.84. The van der Waals surface area contributed by atoms with Gasteiger partial charge in [0.1, 0.15) is 5.69 Å². The van der Waals surface area contributed by atoms with E-state index in [1.165, 1.54) is 57.5 Å². The largest absolute Gasteiger partial charge is 0.433 e. The van der Waals surface area contributed by atoms with Crippen molar-refractivity contribution in [1.82, 2.24) is 20.1 Å². The molecule has 2 aliphatic rings. The summed E-state index contributed by atoms with van der Waals surface area (Å²) in [4.78, 5) is 21.1. The molecule has 2 aliphatic heterocycles. The normalized spacial score (nSPS) is 18.7. The summed E-state index contributed by atoms with van der Waals surface area (Å²) < 4.78 is 38.0. The summed E-state index contributed by atoms with van der Waals surface area (Å²) in [5, 5.41) is 2.97. The molecule has 0 atom stereocenters. The standard InChI is InChI=1S/C26H33F3N4O/c27-26(28,29)24-10-9-22(19-31-24)20-5-7-21(8-6-20)25(34)30-13-4-14-32-17-11-23(12-18-32)33-15-2-1-3-16-33/h5-10,19,23H,1-4,11-18H2,(H,30,34). The van der Waals surface area contributed by atoms with Crippen LogP contribution in [0.3, 0.4) is 0 Å². The zero-order chi connectivity index (χ0) is 24.0. The zero-order valence-corrected chi connectivity index (χ0v) is 19.5. The Kier molecular flexibility index (Phi) is 8.21. The van der Waals surface area contributed by atoms with E-state index in [1.54, 1.807) is 24.3 Å². The number of benzene rings is 1. The Bertz CT molecular complexity index is 917. The second kappa shape index (κ2) is 11.3. The Hall–Kier alpha value is -2.45. The molecule has 0 bridgehead atoms. The minimum Gasteiger partial charge on any atom is -0.352 e. The average Bonchev–Trinajstić information content (AvgIpc) is 2.87. The number of piperidine rings is 2. The van der Waals surface area contributed by atoms with Gasteiger partial charge in [-0.15, -0.1) is 0 Å². The lowest BCUT2D eigenvalue weighted by atomic mass is 10.00. The third kappa shape index (κ3) is 6.57. The average molecular weight is 475 g/mol. The van der Waals surface area contributed by atoms with Gasteiger partial charge in [-0.25, -0.2) is 0 Å². The van der Waals surface area contributed by atoms with Crippen molar-refractivity contribution < 1.29 is 18.0 Å². The fourth-order valence-corrected chi connectivity index (χ4v) is 4.94. The fraction of sp³-hybridized carbons (Fsp3) is 0.538. The fourth-order valence-electron chi connectivity index (χ4n) is 4.94. The van der Waals surface area contributed by atoms with Gasteiger partial charge in [-0.1, -0.05) is 24.6 Å². The molecule has 1 N–H and O–H groups in total. The molecule has 1 amide bonds. The van der Waals surface area contributed by atoms with Crippen LogP contribution in [0, 0.1) is 0 Å². The van der Waals surface area contributed by atoms with Crippen molar-refractivity contribution >= 4 is 5.91 Å². The first-order valence-electron chi connectivity index (χ1n) is 12.3. The molecule has 0 spiro atoms. The Morgan fingerprint density at radius 1 is 0.941 bits per heavy atom. The Balaban J connectivity index is 1.17. The maximum atomic E-state index is 12.7. The van der Waals surface area contributed by atoms with Crippen LogP contribution in [0.15, 0.2) is 42.6 Å². The number of alkyl halides is 3. The van der Waals surface area contributed by atoms with Crippen LogP contribution in [0.25, 0.3) is 11.1 Å². The van der Waals surface area contributed by atoms with E-state index in [1.807, 2.05) is 0 Å². The van der Waals surface area contributed by atoms with Crippen LogP contribution >= 0.6 is 0 Å². The molecule has 0 aliphatic carbocycles. The van der Waals surface area contributed by atoms with E-state index in [0.29, 0.717) is 23.2 Å². The third-order valence-corrected chi connectivity index (χ3v) is 6.94. The summed E-state index contributed by atoms with van der Waals surface area (Å²) in [6, 6.07) is 9.93. The summed E-state index contributed by atoms with van der Waals surface area (Å²) in [6.45, 7) is 6.41. The summed E-state index contributed by atoms with van der Waals surface area (Å²) in [5.41, 5.74) is 0.902. The number of carbonyl (C=O) groups excluding carboxylic acids is 1. The van der Waals surface area contributed by atoms with E-state index in [9.17, 15) is 18.0 Å². The van der Waals surface area contributed by atoms with Gasteiger partial charge < -0.3 is 15.1 Å². The molecule has 0 saturated carbocycles. The number of hydrogen-bond donors (Lipinski definition) is 1. The van der Waals surface area contributed by atoms with Gasteiger partial charge in [0.15, 0.2) is 0 Å². The van der Waals surface area contributed by atoms with Crippen molar-refractivity contribution in [3.63, 3.8) is 0 Å². The lowest BCUT2D eigenvalue weighted by Crippen LogP contribution is -2.47. The van der Waals surface area contributed by atoms with E-state index >= 15 is 0 Å². The highest BCUT2D eigenvalue weighted by atomic mass is 19.4. The van der Waals surface area contributed by atoms with Crippen molar-refractivity contribution in [2.24, 2.45) is 0 Å². The van der Waals surface area contributed by atoms with Crippen molar-refractivity contribution in [2.75, 3.05) is 39.3 Å². The van der Waals surface area contributed by atoms with Gasteiger partial charge in [0.05, 0.1) is 0 Å². The number of aromatic nitrogens is 1. The molecular formula is C26H33F3N4O. The zero-order valence-electron chi connectivity index (χ0n) is 19.5. The number of amides is 1. The van der Waals surface area contributed by atoms with Gasteiger partial charge in [0.25, 0.3) is 5.91 Å². The number of nitrogens with one attached hydrogen (secondary N) is 1. The topological polar surface area (TPSA) is 48.5 Å². The molecule has 8 heteroatoms. The quantitative estimate of drug-likeness (QED) is 0.584. The van der Waals surface area contributed by atoms with E-state index in [-0.39, 0.29) is 5.91 Å². The molecule has 1 aromatic carbocycles. The summed E-state index contributed by atoms with van der Waals surface area (Å²) in [7, 11) is 0. The smallest absolute Gasteiger partial charge is 0.352 e. The lowest BCUT2D eigenvalue weighted by molar-refractivity contribution is -0.141. The van der Waals surface area contributed by atoms with Crippen molar-refractivity contribution in [3.8, 4) is 11.1 Å².